The van der Waals surface area contributed by atoms with Gasteiger partial charge in [-0.3, -0.25) is 4.98 Å². The van der Waals surface area contributed by atoms with Crippen LogP contribution in [0, 0.1) is 6.92 Å². The third kappa shape index (κ3) is 2.69. The lowest BCUT2D eigenvalue weighted by atomic mass is 10.1. The van der Waals surface area contributed by atoms with Crippen molar-refractivity contribution in [1.29, 1.82) is 0 Å². The first-order valence-corrected chi connectivity index (χ1v) is 6.59. The van der Waals surface area contributed by atoms with Gasteiger partial charge in [0.2, 0.25) is 0 Å². The minimum Gasteiger partial charge on any atom is -0.478 e. The van der Waals surface area contributed by atoms with Gasteiger partial charge in [-0.15, -0.1) is 0 Å². The second-order valence-corrected chi connectivity index (χ2v) is 4.89. The van der Waals surface area contributed by atoms with E-state index in [1.165, 1.54) is 0 Å². The zero-order chi connectivity index (χ0) is 14.8. The Bertz CT molecular complexity index is 828. The van der Waals surface area contributed by atoms with E-state index in [-0.39, 0.29) is 5.56 Å². The molecule has 3 rings (SSSR count). The molecule has 0 saturated heterocycles. The van der Waals surface area contributed by atoms with E-state index in [4.69, 9.17) is 0 Å². The van der Waals surface area contributed by atoms with Gasteiger partial charge in [0, 0.05) is 17.3 Å². The van der Waals surface area contributed by atoms with Crippen LogP contribution in [0.1, 0.15) is 15.9 Å². The minimum absolute atomic E-state index is 0.265. The van der Waals surface area contributed by atoms with Gasteiger partial charge in [0.05, 0.1) is 16.8 Å². The maximum atomic E-state index is 11.3. The number of anilines is 2. The van der Waals surface area contributed by atoms with Crippen molar-refractivity contribution in [2.24, 2.45) is 0 Å². The number of hydrogen-bond acceptors (Lipinski definition) is 3. The molecule has 4 nitrogen and oxygen atoms in total. The molecule has 0 fully saturated rings. The topological polar surface area (TPSA) is 62.2 Å². The largest absolute Gasteiger partial charge is 0.478 e. The molecule has 104 valence electrons. The van der Waals surface area contributed by atoms with Gasteiger partial charge < -0.3 is 10.4 Å². The molecule has 21 heavy (non-hydrogen) atoms. The molecule has 0 aliphatic rings. The van der Waals surface area contributed by atoms with Crippen molar-refractivity contribution in [3.63, 3.8) is 0 Å². The van der Waals surface area contributed by atoms with Gasteiger partial charge in [-0.25, -0.2) is 4.79 Å². The lowest BCUT2D eigenvalue weighted by Crippen LogP contribution is -2.03. The van der Waals surface area contributed by atoms with E-state index in [1.807, 2.05) is 43.3 Å². The fraction of sp³-hybridized carbons (Fsp3) is 0.0588. The van der Waals surface area contributed by atoms with E-state index in [0.29, 0.717) is 5.69 Å². The predicted molar refractivity (Wildman–Crippen MR) is 83.2 cm³/mol. The molecule has 0 radical (unpaired) electrons. The minimum atomic E-state index is -0.941. The molecular formula is C17H14N2O2. The van der Waals surface area contributed by atoms with E-state index in [2.05, 4.69) is 10.3 Å². The van der Waals surface area contributed by atoms with Crippen LogP contribution in [0.3, 0.4) is 0 Å². The molecule has 0 unspecified atom stereocenters. The van der Waals surface area contributed by atoms with Gasteiger partial charge >= 0.3 is 5.97 Å². The zero-order valence-electron chi connectivity index (χ0n) is 11.5. The summed E-state index contributed by atoms with van der Waals surface area (Å²) in [7, 11) is 0. The van der Waals surface area contributed by atoms with E-state index in [9.17, 15) is 9.90 Å². The van der Waals surface area contributed by atoms with Gasteiger partial charge in [-0.1, -0.05) is 17.7 Å². The summed E-state index contributed by atoms with van der Waals surface area (Å²) in [4.78, 5) is 15.6. The van der Waals surface area contributed by atoms with Crippen molar-refractivity contribution >= 4 is 28.2 Å². The van der Waals surface area contributed by atoms with Crippen LogP contribution in [0.2, 0.25) is 0 Å². The fourth-order valence-electron chi connectivity index (χ4n) is 2.25. The first-order chi connectivity index (χ1) is 10.1. The van der Waals surface area contributed by atoms with Crippen LogP contribution >= 0.6 is 0 Å². The highest BCUT2D eigenvalue weighted by Crippen LogP contribution is 2.24. The summed E-state index contributed by atoms with van der Waals surface area (Å²) in [5.41, 5.74) is 3.51. The summed E-state index contributed by atoms with van der Waals surface area (Å²) in [5, 5.41) is 13.5. The van der Waals surface area contributed by atoms with Crippen LogP contribution in [0.15, 0.2) is 54.7 Å². The summed E-state index contributed by atoms with van der Waals surface area (Å²) in [6.07, 6.45) is 1.75. The second-order valence-electron chi connectivity index (χ2n) is 4.89. The van der Waals surface area contributed by atoms with E-state index in [0.717, 1.165) is 22.2 Å². The number of nitrogens with one attached hydrogen (secondary N) is 1. The highest BCUT2D eigenvalue weighted by molar-refractivity contribution is 5.96. The van der Waals surface area contributed by atoms with Crippen molar-refractivity contribution in [3.8, 4) is 0 Å². The van der Waals surface area contributed by atoms with E-state index >= 15 is 0 Å². The highest BCUT2D eigenvalue weighted by atomic mass is 16.4. The number of aryl methyl sites for hydroxylation is 1. The van der Waals surface area contributed by atoms with Crippen LogP contribution in [0.5, 0.6) is 0 Å². The molecule has 1 aromatic heterocycles. The monoisotopic (exact) mass is 278 g/mol. The Morgan fingerprint density at radius 1 is 1.14 bits per heavy atom. The van der Waals surface area contributed by atoms with Gasteiger partial charge in [-0.05, 0) is 43.3 Å². The average molecular weight is 278 g/mol. The average Bonchev–Trinajstić information content (AvgIpc) is 2.49. The molecule has 2 aromatic carbocycles. The molecule has 0 aliphatic carbocycles. The van der Waals surface area contributed by atoms with Crippen molar-refractivity contribution < 1.29 is 9.90 Å². The Hall–Kier alpha value is -2.88. The molecule has 0 atom stereocenters. The lowest BCUT2D eigenvalue weighted by molar-refractivity contribution is 0.0698. The van der Waals surface area contributed by atoms with Crippen LogP contribution in [-0.2, 0) is 0 Å². The van der Waals surface area contributed by atoms with Gasteiger partial charge in [0.1, 0.15) is 0 Å². The van der Waals surface area contributed by atoms with Crippen LogP contribution < -0.4 is 5.32 Å². The van der Waals surface area contributed by atoms with Crippen LogP contribution in [-0.4, -0.2) is 16.1 Å². The summed E-state index contributed by atoms with van der Waals surface area (Å²) in [5.74, 6) is -0.941. The lowest BCUT2D eigenvalue weighted by Gasteiger charge is -2.11. The second kappa shape index (κ2) is 5.25. The van der Waals surface area contributed by atoms with E-state index < -0.39 is 5.97 Å². The number of rotatable bonds is 3. The van der Waals surface area contributed by atoms with Crippen molar-refractivity contribution in [1.82, 2.24) is 4.98 Å². The number of nitrogens with zero attached hydrogens (tertiary/aromatic N) is 1. The smallest absolute Gasteiger partial charge is 0.337 e. The third-order valence-electron chi connectivity index (χ3n) is 3.29. The molecule has 4 heteroatoms. The Labute approximate surface area is 122 Å². The molecule has 0 amide bonds. The predicted octanol–water partition coefficient (Wildman–Crippen LogP) is 3.99. The van der Waals surface area contributed by atoms with Gasteiger partial charge in [-0.2, -0.15) is 0 Å². The Morgan fingerprint density at radius 2 is 2.00 bits per heavy atom. The van der Waals surface area contributed by atoms with Gasteiger partial charge in [0.15, 0.2) is 0 Å². The summed E-state index contributed by atoms with van der Waals surface area (Å²) < 4.78 is 0. The normalized spacial score (nSPS) is 10.5. The maximum Gasteiger partial charge on any atom is 0.337 e. The molecule has 0 spiro atoms. The molecule has 1 heterocycles. The number of carboxylic acids is 1. The third-order valence-corrected chi connectivity index (χ3v) is 3.29. The number of pyridine rings is 1. The molecule has 3 aromatic rings. The molecule has 0 saturated carbocycles. The SMILES string of the molecule is Cc1ccc(Nc2ccc3ncccc3c2)c(C(=O)O)c1. The molecule has 2 N–H and O–H groups in total. The zero-order valence-corrected chi connectivity index (χ0v) is 11.5. The first-order valence-electron chi connectivity index (χ1n) is 6.59. The fourth-order valence-corrected chi connectivity index (χ4v) is 2.25. The highest BCUT2D eigenvalue weighted by Gasteiger charge is 2.10. The van der Waals surface area contributed by atoms with Crippen molar-refractivity contribution in [3.05, 3.63) is 65.9 Å². The number of benzene rings is 2. The summed E-state index contributed by atoms with van der Waals surface area (Å²) >= 11 is 0. The first kappa shape index (κ1) is 13.1. The Kier molecular flexibility index (Phi) is 3.28. The number of aromatic carboxylic acids is 1. The van der Waals surface area contributed by atoms with Crippen molar-refractivity contribution in [2.45, 2.75) is 6.92 Å². The summed E-state index contributed by atoms with van der Waals surface area (Å²) in [6.45, 7) is 1.87. The molecule has 0 aliphatic heterocycles. The number of carboxylic acid groups (broad SMARTS) is 1. The number of carbonyl (C=O) groups is 1. The van der Waals surface area contributed by atoms with Crippen LogP contribution in [0.25, 0.3) is 10.9 Å². The number of hydrogen-bond donors (Lipinski definition) is 2. The number of fused-ring (bicyclic) bond motifs is 1. The van der Waals surface area contributed by atoms with Crippen molar-refractivity contribution in [2.75, 3.05) is 5.32 Å². The summed E-state index contributed by atoms with van der Waals surface area (Å²) in [6, 6.07) is 14.9. The Balaban J connectivity index is 2.00. The van der Waals surface area contributed by atoms with Crippen LogP contribution in [0.4, 0.5) is 11.4 Å². The Morgan fingerprint density at radius 3 is 2.81 bits per heavy atom. The molecule has 0 bridgehead atoms. The quantitative estimate of drug-likeness (QED) is 0.760. The standard InChI is InChI=1S/C17H14N2O2/c1-11-4-6-16(14(9-11)17(20)21)19-13-5-7-15-12(10-13)3-2-8-18-15/h2-10,19H,1H3,(H,20,21). The van der Waals surface area contributed by atoms with Gasteiger partial charge in [0.25, 0.3) is 0 Å². The molecular weight excluding hydrogens is 264 g/mol. The van der Waals surface area contributed by atoms with E-state index in [1.54, 1.807) is 18.3 Å². The maximum absolute atomic E-state index is 11.3. The number of aromatic nitrogens is 1.